The fourth-order valence-electron chi connectivity index (χ4n) is 2.27. The summed E-state index contributed by atoms with van der Waals surface area (Å²) in [7, 11) is 0. The Hall–Kier alpha value is -2.03. The highest BCUT2D eigenvalue weighted by molar-refractivity contribution is 9.10. The monoisotopic (exact) mass is 431 g/mol. The van der Waals surface area contributed by atoms with Gasteiger partial charge in [-0.3, -0.25) is 4.98 Å². The number of esters is 1. The van der Waals surface area contributed by atoms with Crippen molar-refractivity contribution in [1.82, 2.24) is 14.8 Å². The van der Waals surface area contributed by atoms with E-state index < -0.39 is 17.9 Å². The van der Waals surface area contributed by atoms with Gasteiger partial charge in [0.2, 0.25) is 5.88 Å². The van der Waals surface area contributed by atoms with E-state index in [1.807, 2.05) is 20.8 Å². The fourth-order valence-corrected chi connectivity index (χ4v) is 2.76. The smallest absolute Gasteiger partial charge is 0.359 e. The molecule has 0 radical (unpaired) electrons. The molecule has 2 heterocycles. The second-order valence-electron chi connectivity index (χ2n) is 6.52. The van der Waals surface area contributed by atoms with Gasteiger partial charge in [0.25, 0.3) is 6.43 Å². The zero-order valence-electron chi connectivity index (χ0n) is 15.1. The molecule has 0 aromatic carbocycles. The predicted octanol–water partition coefficient (Wildman–Crippen LogP) is 5.01. The third-order valence-electron chi connectivity index (χ3n) is 3.50. The maximum Gasteiger partial charge on any atom is 0.359 e. The van der Waals surface area contributed by atoms with Crippen LogP contribution >= 0.6 is 15.9 Å². The Labute approximate surface area is 158 Å². The molecule has 2 aromatic rings. The topological polar surface area (TPSA) is 66.2 Å². The van der Waals surface area contributed by atoms with Crippen LogP contribution in [0, 0.1) is 6.92 Å². The third-order valence-corrected chi connectivity index (χ3v) is 4.13. The molecule has 0 aliphatic rings. The van der Waals surface area contributed by atoms with Crippen LogP contribution in [0.5, 0.6) is 11.6 Å². The second kappa shape index (κ2) is 7.69. The van der Waals surface area contributed by atoms with Crippen molar-refractivity contribution in [3.8, 4) is 11.6 Å². The van der Waals surface area contributed by atoms with E-state index >= 15 is 0 Å². The molecule has 0 saturated carbocycles. The molecule has 0 amide bonds. The minimum absolute atomic E-state index is 0.0818. The van der Waals surface area contributed by atoms with Gasteiger partial charge in [-0.15, -0.1) is 0 Å². The van der Waals surface area contributed by atoms with Crippen LogP contribution in [0.4, 0.5) is 8.78 Å². The average Bonchev–Trinajstić information content (AvgIpc) is 2.84. The van der Waals surface area contributed by atoms with E-state index in [1.54, 1.807) is 13.8 Å². The summed E-state index contributed by atoms with van der Waals surface area (Å²) < 4.78 is 39.2. The van der Waals surface area contributed by atoms with Crippen molar-refractivity contribution < 1.29 is 23.0 Å². The molecule has 2 rings (SSSR count). The van der Waals surface area contributed by atoms with Crippen LogP contribution in [0.15, 0.2) is 16.9 Å². The van der Waals surface area contributed by atoms with E-state index in [1.165, 1.54) is 17.1 Å². The Bertz CT molecular complexity index is 816. The van der Waals surface area contributed by atoms with Crippen molar-refractivity contribution in [1.29, 1.82) is 0 Å². The van der Waals surface area contributed by atoms with Crippen LogP contribution < -0.4 is 4.74 Å². The van der Waals surface area contributed by atoms with Gasteiger partial charge in [0.1, 0.15) is 0 Å². The van der Waals surface area contributed by atoms with Crippen molar-refractivity contribution in [2.24, 2.45) is 0 Å². The van der Waals surface area contributed by atoms with Gasteiger partial charge in [-0.1, -0.05) is 0 Å². The molecule has 0 aliphatic carbocycles. The lowest BCUT2D eigenvalue weighted by Crippen LogP contribution is -2.24. The number of ether oxygens (including phenoxy) is 2. The molecule has 0 saturated heterocycles. The maximum atomic E-state index is 13.4. The van der Waals surface area contributed by atoms with Crippen LogP contribution in [-0.4, -0.2) is 27.3 Å². The van der Waals surface area contributed by atoms with E-state index in [9.17, 15) is 13.6 Å². The van der Waals surface area contributed by atoms with Crippen molar-refractivity contribution in [2.45, 2.75) is 46.6 Å². The average molecular weight is 432 g/mol. The number of hydrogen-bond acceptors (Lipinski definition) is 5. The molecule has 0 N–H and O–H groups in total. The largest absolute Gasteiger partial charge is 0.461 e. The molecule has 26 heavy (non-hydrogen) atoms. The normalized spacial score (nSPS) is 11.7. The van der Waals surface area contributed by atoms with Gasteiger partial charge < -0.3 is 9.47 Å². The summed E-state index contributed by atoms with van der Waals surface area (Å²) in [5.41, 5.74) is -0.398. The minimum atomic E-state index is -2.77. The molecular formula is C17H20BrF2N3O3. The molecular weight excluding hydrogens is 412 g/mol. The zero-order chi connectivity index (χ0) is 19.6. The first kappa shape index (κ1) is 20.3. The predicted molar refractivity (Wildman–Crippen MR) is 94.9 cm³/mol. The van der Waals surface area contributed by atoms with Gasteiger partial charge in [-0.25, -0.2) is 18.3 Å². The molecule has 0 atom stereocenters. The Morgan fingerprint density at radius 2 is 2.00 bits per heavy atom. The molecule has 0 bridgehead atoms. The van der Waals surface area contributed by atoms with Crippen molar-refractivity contribution in [2.75, 3.05) is 6.61 Å². The molecule has 2 aromatic heterocycles. The standard InChI is InChI=1S/C17H20BrF2N3O3/c1-6-25-16(24)13-9(2)15(23(22-13)17(3,4)5)26-11-8-21-7-10(18)12(11)14(19)20/h7-8,14H,6H2,1-5H3. The molecule has 0 unspecified atom stereocenters. The lowest BCUT2D eigenvalue weighted by atomic mass is 10.1. The number of carbonyl (C=O) groups excluding carboxylic acids is 1. The first-order valence-electron chi connectivity index (χ1n) is 7.94. The Balaban J connectivity index is 2.60. The van der Waals surface area contributed by atoms with Gasteiger partial charge >= 0.3 is 5.97 Å². The number of halogens is 3. The number of aromatic nitrogens is 3. The first-order chi connectivity index (χ1) is 12.1. The highest BCUT2D eigenvalue weighted by Crippen LogP contribution is 2.39. The van der Waals surface area contributed by atoms with Gasteiger partial charge in [0.15, 0.2) is 11.4 Å². The SMILES string of the molecule is CCOC(=O)c1nn(C(C)(C)C)c(Oc2cncc(Br)c2C(F)F)c1C. The molecule has 6 nitrogen and oxygen atoms in total. The van der Waals surface area contributed by atoms with E-state index in [2.05, 4.69) is 26.0 Å². The quantitative estimate of drug-likeness (QED) is 0.622. The van der Waals surface area contributed by atoms with Gasteiger partial charge in [0.05, 0.1) is 23.9 Å². The summed E-state index contributed by atoms with van der Waals surface area (Å²) in [6.07, 6.45) is -0.291. The van der Waals surface area contributed by atoms with Crippen LogP contribution in [-0.2, 0) is 10.3 Å². The Kier molecular flexibility index (Phi) is 6.00. The summed E-state index contributed by atoms with van der Waals surface area (Å²) in [4.78, 5) is 16.0. The van der Waals surface area contributed by atoms with Crippen LogP contribution in [0.1, 0.15) is 55.7 Å². The van der Waals surface area contributed by atoms with Crippen LogP contribution in [0.25, 0.3) is 0 Å². The minimum Gasteiger partial charge on any atom is -0.461 e. The zero-order valence-corrected chi connectivity index (χ0v) is 16.7. The lowest BCUT2D eigenvalue weighted by molar-refractivity contribution is 0.0517. The van der Waals surface area contributed by atoms with E-state index in [-0.39, 0.29) is 34.0 Å². The van der Waals surface area contributed by atoms with Gasteiger partial charge in [-0.05, 0) is 50.5 Å². The van der Waals surface area contributed by atoms with Gasteiger partial charge in [-0.2, -0.15) is 5.10 Å². The summed E-state index contributed by atoms with van der Waals surface area (Å²) in [6.45, 7) is 9.08. The van der Waals surface area contributed by atoms with E-state index in [0.717, 1.165) is 0 Å². The summed E-state index contributed by atoms with van der Waals surface area (Å²) in [5, 5.41) is 4.29. The number of nitrogens with zero attached hydrogens (tertiary/aromatic N) is 3. The van der Waals surface area contributed by atoms with Crippen LogP contribution in [0.3, 0.4) is 0 Å². The fraction of sp³-hybridized carbons (Fsp3) is 0.471. The van der Waals surface area contributed by atoms with E-state index in [0.29, 0.717) is 5.56 Å². The molecule has 0 aliphatic heterocycles. The Morgan fingerprint density at radius 3 is 2.54 bits per heavy atom. The van der Waals surface area contributed by atoms with Crippen molar-refractivity contribution in [3.05, 3.63) is 33.7 Å². The summed E-state index contributed by atoms with van der Waals surface area (Å²) >= 11 is 3.07. The Morgan fingerprint density at radius 1 is 1.35 bits per heavy atom. The molecule has 0 fully saturated rings. The van der Waals surface area contributed by atoms with Crippen molar-refractivity contribution in [3.63, 3.8) is 0 Å². The summed E-state index contributed by atoms with van der Waals surface area (Å²) in [5.74, 6) is -0.528. The highest BCUT2D eigenvalue weighted by Gasteiger charge is 2.30. The molecule has 142 valence electrons. The number of pyridine rings is 1. The number of hydrogen-bond donors (Lipinski definition) is 0. The molecule has 0 spiro atoms. The summed E-state index contributed by atoms with van der Waals surface area (Å²) in [6, 6.07) is 0. The van der Waals surface area contributed by atoms with Crippen molar-refractivity contribution >= 4 is 21.9 Å². The number of rotatable bonds is 5. The van der Waals surface area contributed by atoms with E-state index in [4.69, 9.17) is 9.47 Å². The second-order valence-corrected chi connectivity index (χ2v) is 7.37. The third kappa shape index (κ3) is 4.03. The molecule has 9 heteroatoms. The maximum absolute atomic E-state index is 13.4. The van der Waals surface area contributed by atoms with Crippen LogP contribution in [0.2, 0.25) is 0 Å². The lowest BCUT2D eigenvalue weighted by Gasteiger charge is -2.22. The first-order valence-corrected chi connectivity index (χ1v) is 8.73. The highest BCUT2D eigenvalue weighted by atomic mass is 79.9. The number of alkyl halides is 2. The van der Waals surface area contributed by atoms with Gasteiger partial charge in [0, 0.05) is 16.2 Å². The number of carbonyl (C=O) groups is 1.